The summed E-state index contributed by atoms with van der Waals surface area (Å²) in [5.74, 6) is 2.78. The van der Waals surface area contributed by atoms with Gasteiger partial charge in [0, 0.05) is 18.3 Å². The maximum atomic E-state index is 12.3. The van der Waals surface area contributed by atoms with Gasteiger partial charge in [-0.15, -0.1) is 0 Å². The lowest BCUT2D eigenvalue weighted by Crippen LogP contribution is -2.43. The van der Waals surface area contributed by atoms with E-state index in [9.17, 15) is 9.90 Å². The van der Waals surface area contributed by atoms with E-state index in [1.807, 2.05) is 6.08 Å². The summed E-state index contributed by atoms with van der Waals surface area (Å²) in [5.41, 5.74) is 5.85. The van der Waals surface area contributed by atoms with Crippen LogP contribution in [0.1, 0.15) is 51.9 Å². The van der Waals surface area contributed by atoms with Crippen LogP contribution in [0, 0.1) is 23.2 Å². The Balaban J connectivity index is 1.70. The predicted molar refractivity (Wildman–Crippen MR) is 77.2 cm³/mol. The fraction of sp³-hybridized carbons (Fsp3) is 0.667. The molecule has 2 nitrogen and oxygen atoms in total. The molecule has 4 rings (SSSR count). The second-order valence-electron chi connectivity index (χ2n) is 7.30. The van der Waals surface area contributed by atoms with Crippen LogP contribution in [0.2, 0.25) is 0 Å². The highest BCUT2D eigenvalue weighted by molar-refractivity contribution is 5.87. The third-order valence-corrected chi connectivity index (χ3v) is 6.51. The van der Waals surface area contributed by atoms with Gasteiger partial charge in [-0.2, -0.15) is 0 Å². The Morgan fingerprint density at radius 2 is 2.15 bits per heavy atom. The standard InChI is InChI=1S/C18H22O2/c1-18-9-8-14-13-5-3-12(19)10-11(13)2-4-15(14)16(18)6-7-17(18)20/h5,14-16,19H,2,4,6-10H2,1H3/t14-,15-,16+,18+/m1/s1. The largest absolute Gasteiger partial charge is 0.504 e. The van der Waals surface area contributed by atoms with Gasteiger partial charge in [0.1, 0.15) is 11.5 Å². The number of ketones is 1. The molecule has 4 aliphatic rings. The van der Waals surface area contributed by atoms with Gasteiger partial charge >= 0.3 is 0 Å². The second kappa shape index (κ2) is 4.11. The van der Waals surface area contributed by atoms with E-state index in [2.05, 4.69) is 12.7 Å². The Bertz CT molecular complexity index is 576. The number of carbonyl (C=O) groups excluding carboxylic acids is 1. The SMILES string of the molecule is C[C@]12CC[C@@H]3C4=C(CC[C@H]3[C@@H]1CCC2=O)CC(O)=C=C4. The van der Waals surface area contributed by atoms with Crippen LogP contribution in [0.25, 0.3) is 0 Å². The number of allylic oxidation sites excluding steroid dienone is 2. The quantitative estimate of drug-likeness (QED) is 0.673. The normalized spacial score (nSPS) is 43.0. The molecule has 0 unspecified atom stereocenters. The molecule has 1 N–H and O–H groups in total. The van der Waals surface area contributed by atoms with Gasteiger partial charge in [-0.05, 0) is 61.5 Å². The van der Waals surface area contributed by atoms with Crippen LogP contribution < -0.4 is 0 Å². The number of fused-ring (bicyclic) bond motifs is 4. The van der Waals surface area contributed by atoms with Crippen LogP contribution in [0.3, 0.4) is 0 Å². The summed E-state index contributed by atoms with van der Waals surface area (Å²) in [4.78, 5) is 12.3. The van der Waals surface area contributed by atoms with E-state index >= 15 is 0 Å². The highest BCUT2D eigenvalue weighted by Crippen LogP contribution is 2.59. The Labute approximate surface area is 120 Å². The topological polar surface area (TPSA) is 37.3 Å². The molecule has 0 aromatic carbocycles. The minimum atomic E-state index is -0.0322. The maximum Gasteiger partial charge on any atom is 0.139 e. The Kier molecular flexibility index (Phi) is 2.57. The Hall–Kier alpha value is -1.27. The smallest absolute Gasteiger partial charge is 0.139 e. The third-order valence-electron chi connectivity index (χ3n) is 6.51. The van der Waals surface area contributed by atoms with Crippen molar-refractivity contribution in [2.45, 2.75) is 51.9 Å². The van der Waals surface area contributed by atoms with E-state index < -0.39 is 0 Å². The fourth-order valence-corrected chi connectivity index (χ4v) is 5.41. The molecule has 0 aromatic rings. The highest BCUT2D eigenvalue weighted by Gasteiger charge is 2.54. The number of rotatable bonds is 0. The molecule has 0 heterocycles. The van der Waals surface area contributed by atoms with Crippen LogP contribution in [-0.2, 0) is 4.79 Å². The van der Waals surface area contributed by atoms with Crippen molar-refractivity contribution in [1.82, 2.24) is 0 Å². The minimum absolute atomic E-state index is 0.0322. The molecule has 2 saturated carbocycles. The highest BCUT2D eigenvalue weighted by atomic mass is 16.3. The molecule has 4 aliphatic carbocycles. The molecule has 0 amide bonds. The van der Waals surface area contributed by atoms with Crippen molar-refractivity contribution in [3.05, 3.63) is 28.7 Å². The van der Waals surface area contributed by atoms with Crippen LogP contribution in [0.5, 0.6) is 0 Å². The molecule has 0 spiro atoms. The summed E-state index contributed by atoms with van der Waals surface area (Å²) in [5, 5.41) is 9.67. The molecule has 0 saturated heterocycles. The average Bonchev–Trinajstić information content (AvgIpc) is 2.74. The van der Waals surface area contributed by atoms with Crippen LogP contribution in [-0.4, -0.2) is 10.9 Å². The number of hydrogen-bond acceptors (Lipinski definition) is 2. The van der Waals surface area contributed by atoms with Crippen LogP contribution in [0.4, 0.5) is 0 Å². The average molecular weight is 270 g/mol. The van der Waals surface area contributed by atoms with Gasteiger partial charge < -0.3 is 5.11 Å². The van der Waals surface area contributed by atoms with Crippen molar-refractivity contribution in [2.75, 3.05) is 0 Å². The van der Waals surface area contributed by atoms with Crippen LogP contribution >= 0.6 is 0 Å². The monoisotopic (exact) mass is 270 g/mol. The molecule has 106 valence electrons. The lowest BCUT2D eigenvalue weighted by molar-refractivity contribution is -0.129. The minimum Gasteiger partial charge on any atom is -0.504 e. The van der Waals surface area contributed by atoms with Gasteiger partial charge in [0.15, 0.2) is 0 Å². The summed E-state index contributed by atoms with van der Waals surface area (Å²) in [6, 6.07) is 0. The van der Waals surface area contributed by atoms with Crippen molar-refractivity contribution >= 4 is 5.78 Å². The van der Waals surface area contributed by atoms with Gasteiger partial charge in [-0.1, -0.05) is 18.2 Å². The van der Waals surface area contributed by atoms with Crippen molar-refractivity contribution in [3.8, 4) is 0 Å². The molecular weight excluding hydrogens is 248 g/mol. The van der Waals surface area contributed by atoms with Gasteiger partial charge in [0.05, 0.1) is 0 Å². The first-order chi connectivity index (χ1) is 9.59. The summed E-state index contributed by atoms with van der Waals surface area (Å²) in [6.45, 7) is 2.22. The number of carbonyl (C=O) groups is 1. The first kappa shape index (κ1) is 12.5. The van der Waals surface area contributed by atoms with E-state index in [4.69, 9.17) is 0 Å². The fourth-order valence-electron chi connectivity index (χ4n) is 5.41. The van der Waals surface area contributed by atoms with Gasteiger partial charge in [0.2, 0.25) is 0 Å². The molecule has 2 heteroatoms. The molecule has 0 radical (unpaired) electrons. The van der Waals surface area contributed by atoms with Gasteiger partial charge in [0.25, 0.3) is 0 Å². The Morgan fingerprint density at radius 1 is 1.30 bits per heavy atom. The summed E-state index contributed by atoms with van der Waals surface area (Å²) >= 11 is 0. The predicted octanol–water partition coefficient (Wildman–Crippen LogP) is 4.09. The number of Topliss-reactive ketones (excluding diaryl/α,β-unsaturated/α-hetero) is 1. The summed E-state index contributed by atoms with van der Waals surface area (Å²) < 4.78 is 0. The Morgan fingerprint density at radius 3 is 3.00 bits per heavy atom. The molecular formula is C18H22O2. The van der Waals surface area contributed by atoms with E-state index in [1.54, 1.807) is 0 Å². The number of hydrogen-bond donors (Lipinski definition) is 1. The molecule has 0 aromatic heterocycles. The van der Waals surface area contributed by atoms with E-state index in [1.165, 1.54) is 17.6 Å². The van der Waals surface area contributed by atoms with E-state index in [0.717, 1.165) is 32.1 Å². The van der Waals surface area contributed by atoms with Crippen molar-refractivity contribution in [3.63, 3.8) is 0 Å². The first-order valence-electron chi connectivity index (χ1n) is 7.99. The van der Waals surface area contributed by atoms with E-state index in [0.29, 0.717) is 35.7 Å². The van der Waals surface area contributed by atoms with Gasteiger partial charge in [-0.25, -0.2) is 0 Å². The molecule has 0 bridgehead atoms. The van der Waals surface area contributed by atoms with Gasteiger partial charge in [-0.3, -0.25) is 4.79 Å². The molecule has 4 atom stereocenters. The second-order valence-corrected chi connectivity index (χ2v) is 7.30. The lowest BCUT2D eigenvalue weighted by Gasteiger charge is -2.48. The van der Waals surface area contributed by atoms with Crippen LogP contribution in [0.15, 0.2) is 28.7 Å². The van der Waals surface area contributed by atoms with Crippen molar-refractivity contribution in [2.24, 2.45) is 23.2 Å². The summed E-state index contributed by atoms with van der Waals surface area (Å²) in [7, 11) is 0. The number of aliphatic hydroxyl groups is 1. The molecule has 20 heavy (non-hydrogen) atoms. The number of aliphatic hydroxyl groups excluding tert-OH is 1. The first-order valence-corrected chi connectivity index (χ1v) is 7.99. The maximum absolute atomic E-state index is 12.3. The zero-order valence-electron chi connectivity index (χ0n) is 12.1. The van der Waals surface area contributed by atoms with Crippen molar-refractivity contribution < 1.29 is 9.90 Å². The molecule has 0 aliphatic heterocycles. The zero-order valence-corrected chi connectivity index (χ0v) is 12.1. The summed E-state index contributed by atoms with van der Waals surface area (Å²) in [6.07, 6.45) is 9.13. The zero-order chi connectivity index (χ0) is 13.9. The lowest BCUT2D eigenvalue weighted by atomic mass is 9.55. The molecule has 2 fully saturated rings. The third kappa shape index (κ3) is 1.55. The van der Waals surface area contributed by atoms with E-state index in [-0.39, 0.29) is 5.41 Å². The van der Waals surface area contributed by atoms with Crippen molar-refractivity contribution in [1.29, 1.82) is 0 Å².